The number of carbonyl (C=O) groups is 2. The van der Waals surface area contributed by atoms with Gasteiger partial charge in [0.2, 0.25) is 5.91 Å². The van der Waals surface area contributed by atoms with Crippen LogP contribution in [-0.4, -0.2) is 29.3 Å². The average Bonchev–Trinajstić information content (AvgIpc) is 3.21. The minimum Gasteiger partial charge on any atom is -0.368 e. The lowest BCUT2D eigenvalue weighted by molar-refractivity contribution is -0.122. The van der Waals surface area contributed by atoms with Crippen LogP contribution in [0.1, 0.15) is 35.2 Å². The Hall–Kier alpha value is -2.62. The van der Waals surface area contributed by atoms with Gasteiger partial charge in [-0.05, 0) is 48.8 Å². The van der Waals surface area contributed by atoms with Gasteiger partial charge in [-0.2, -0.15) is 0 Å². The van der Waals surface area contributed by atoms with E-state index in [1.807, 2.05) is 49.4 Å². The second-order valence-corrected chi connectivity index (χ2v) is 7.57. The van der Waals surface area contributed by atoms with Crippen molar-refractivity contribution in [2.24, 2.45) is 17.6 Å². The number of fused-ring (bicyclic) bond motifs is 1. The van der Waals surface area contributed by atoms with Crippen molar-refractivity contribution in [3.05, 3.63) is 59.7 Å². The molecule has 2 fully saturated rings. The third-order valence-corrected chi connectivity index (χ3v) is 5.93. The number of hydrogen-bond acceptors (Lipinski definition) is 2. The molecule has 0 bridgehead atoms. The van der Waals surface area contributed by atoms with Gasteiger partial charge in [0.1, 0.15) is 6.04 Å². The average molecular weight is 348 g/mol. The highest BCUT2D eigenvalue weighted by Crippen LogP contribution is 2.43. The normalized spacial score (nSPS) is 24.5. The third-order valence-electron chi connectivity index (χ3n) is 5.93. The van der Waals surface area contributed by atoms with Crippen molar-refractivity contribution in [2.75, 3.05) is 6.54 Å². The van der Waals surface area contributed by atoms with Crippen LogP contribution in [0.25, 0.3) is 11.1 Å². The molecule has 4 rings (SSSR count). The van der Waals surface area contributed by atoms with Gasteiger partial charge in [0, 0.05) is 12.1 Å². The van der Waals surface area contributed by atoms with E-state index < -0.39 is 6.04 Å². The van der Waals surface area contributed by atoms with E-state index in [1.54, 1.807) is 4.90 Å². The molecule has 1 aliphatic carbocycles. The molecular formula is C22H24N2O2. The van der Waals surface area contributed by atoms with Gasteiger partial charge in [-0.15, -0.1) is 0 Å². The summed E-state index contributed by atoms with van der Waals surface area (Å²) in [4.78, 5) is 27.2. The topological polar surface area (TPSA) is 63.4 Å². The molecular weight excluding hydrogens is 324 g/mol. The number of aryl methyl sites for hydroxylation is 1. The molecule has 3 atom stereocenters. The smallest absolute Gasteiger partial charge is 0.255 e. The van der Waals surface area contributed by atoms with Crippen LogP contribution in [0, 0.1) is 18.8 Å². The van der Waals surface area contributed by atoms with E-state index in [2.05, 4.69) is 6.07 Å². The molecule has 1 aliphatic heterocycles. The summed E-state index contributed by atoms with van der Waals surface area (Å²) < 4.78 is 0. The molecule has 2 N–H and O–H groups in total. The highest BCUT2D eigenvalue weighted by Gasteiger charge is 2.48. The van der Waals surface area contributed by atoms with Gasteiger partial charge in [-0.3, -0.25) is 9.59 Å². The predicted molar refractivity (Wildman–Crippen MR) is 101 cm³/mol. The third kappa shape index (κ3) is 2.79. The molecule has 0 unspecified atom stereocenters. The van der Waals surface area contributed by atoms with Gasteiger partial charge in [-0.25, -0.2) is 0 Å². The van der Waals surface area contributed by atoms with Gasteiger partial charge in [0.25, 0.3) is 5.91 Å². The fourth-order valence-corrected chi connectivity index (χ4v) is 4.77. The van der Waals surface area contributed by atoms with E-state index in [4.69, 9.17) is 5.73 Å². The van der Waals surface area contributed by atoms with E-state index in [9.17, 15) is 9.59 Å². The Bertz CT molecular complexity index is 861. The summed E-state index contributed by atoms with van der Waals surface area (Å²) in [5, 5.41) is 0. The maximum Gasteiger partial charge on any atom is 0.255 e. The summed E-state index contributed by atoms with van der Waals surface area (Å²) in [7, 11) is 0. The predicted octanol–water partition coefficient (Wildman–Crippen LogP) is 3.39. The molecule has 26 heavy (non-hydrogen) atoms. The van der Waals surface area contributed by atoms with Crippen LogP contribution in [0.3, 0.4) is 0 Å². The Morgan fingerprint density at radius 3 is 2.65 bits per heavy atom. The van der Waals surface area contributed by atoms with E-state index in [1.165, 1.54) is 0 Å². The zero-order valence-corrected chi connectivity index (χ0v) is 15.0. The number of likely N-dealkylation sites (tertiary alicyclic amines) is 1. The summed E-state index contributed by atoms with van der Waals surface area (Å²) in [5.74, 6) is 0.172. The van der Waals surface area contributed by atoms with Crippen molar-refractivity contribution in [2.45, 2.75) is 32.2 Å². The van der Waals surface area contributed by atoms with Crippen LogP contribution in [0.2, 0.25) is 0 Å². The van der Waals surface area contributed by atoms with Crippen molar-refractivity contribution >= 4 is 11.8 Å². The molecule has 1 heterocycles. The number of carbonyl (C=O) groups excluding carboxylic acids is 2. The van der Waals surface area contributed by atoms with Crippen LogP contribution < -0.4 is 5.73 Å². The fraction of sp³-hybridized carbons (Fsp3) is 0.364. The van der Waals surface area contributed by atoms with Crippen LogP contribution in [0.5, 0.6) is 0 Å². The van der Waals surface area contributed by atoms with Gasteiger partial charge in [0.15, 0.2) is 0 Å². The first-order valence-corrected chi connectivity index (χ1v) is 9.32. The second kappa shape index (κ2) is 6.60. The van der Waals surface area contributed by atoms with Crippen LogP contribution in [0.4, 0.5) is 0 Å². The molecule has 2 aromatic rings. The number of primary amides is 1. The van der Waals surface area contributed by atoms with Crippen LogP contribution in [0.15, 0.2) is 48.5 Å². The lowest BCUT2D eigenvalue weighted by atomic mass is 9.93. The van der Waals surface area contributed by atoms with E-state index in [0.717, 1.165) is 36.0 Å². The zero-order valence-electron chi connectivity index (χ0n) is 15.0. The molecule has 4 heteroatoms. The number of rotatable bonds is 3. The molecule has 2 aliphatic rings. The van der Waals surface area contributed by atoms with E-state index in [-0.39, 0.29) is 17.7 Å². The van der Waals surface area contributed by atoms with E-state index >= 15 is 0 Å². The summed E-state index contributed by atoms with van der Waals surface area (Å²) in [6, 6.07) is 15.3. The molecule has 0 spiro atoms. The standard InChI is InChI=1S/C22H24N2O2/c1-14-6-4-7-15(12-14)17-9-2-3-10-19(17)22(26)24-13-16-8-5-11-18(16)20(24)21(23)25/h2-4,6-7,9-10,12,16,18,20H,5,8,11,13H2,1H3,(H2,23,25)/t16-,18-,20-/m0/s1. The van der Waals surface area contributed by atoms with Gasteiger partial charge in [-0.1, -0.05) is 54.4 Å². The Labute approximate surface area is 154 Å². The Morgan fingerprint density at radius 2 is 1.88 bits per heavy atom. The molecule has 134 valence electrons. The van der Waals surface area contributed by atoms with Gasteiger partial charge < -0.3 is 10.6 Å². The van der Waals surface area contributed by atoms with Gasteiger partial charge in [0.05, 0.1) is 0 Å². The van der Waals surface area contributed by atoms with Gasteiger partial charge >= 0.3 is 0 Å². The zero-order chi connectivity index (χ0) is 18.3. The first kappa shape index (κ1) is 16.8. The summed E-state index contributed by atoms with van der Waals surface area (Å²) in [6.07, 6.45) is 3.19. The highest BCUT2D eigenvalue weighted by atomic mass is 16.2. The number of hydrogen-bond donors (Lipinski definition) is 1. The lowest BCUT2D eigenvalue weighted by Gasteiger charge is -2.26. The lowest BCUT2D eigenvalue weighted by Crippen LogP contribution is -2.46. The molecule has 0 radical (unpaired) electrons. The quantitative estimate of drug-likeness (QED) is 0.924. The number of benzene rings is 2. The number of nitrogens with two attached hydrogens (primary N) is 1. The molecule has 4 nitrogen and oxygen atoms in total. The fourth-order valence-electron chi connectivity index (χ4n) is 4.77. The minimum atomic E-state index is -0.472. The van der Waals surface area contributed by atoms with Crippen molar-refractivity contribution in [1.29, 1.82) is 0 Å². The molecule has 0 aromatic heterocycles. The summed E-state index contributed by atoms with van der Waals surface area (Å²) >= 11 is 0. The van der Waals surface area contributed by atoms with Crippen molar-refractivity contribution < 1.29 is 9.59 Å². The van der Waals surface area contributed by atoms with Crippen LogP contribution in [-0.2, 0) is 4.79 Å². The molecule has 2 amide bonds. The Morgan fingerprint density at radius 1 is 1.08 bits per heavy atom. The van der Waals surface area contributed by atoms with Crippen LogP contribution >= 0.6 is 0 Å². The first-order valence-electron chi connectivity index (χ1n) is 9.32. The Balaban J connectivity index is 1.72. The largest absolute Gasteiger partial charge is 0.368 e. The minimum absolute atomic E-state index is 0.0830. The summed E-state index contributed by atoms with van der Waals surface area (Å²) in [6.45, 7) is 2.68. The first-order chi connectivity index (χ1) is 12.6. The van der Waals surface area contributed by atoms with Crippen molar-refractivity contribution in [3.8, 4) is 11.1 Å². The number of nitrogens with zero attached hydrogens (tertiary/aromatic N) is 1. The van der Waals surface area contributed by atoms with Crippen molar-refractivity contribution in [1.82, 2.24) is 4.90 Å². The Kier molecular flexibility index (Phi) is 4.27. The highest BCUT2D eigenvalue weighted by molar-refractivity contribution is 6.03. The molecule has 1 saturated carbocycles. The van der Waals surface area contributed by atoms with Crippen molar-refractivity contribution in [3.63, 3.8) is 0 Å². The molecule has 1 saturated heterocycles. The van der Waals surface area contributed by atoms with E-state index in [0.29, 0.717) is 18.0 Å². The SMILES string of the molecule is Cc1cccc(-c2ccccc2C(=O)N2C[C@@H]3CCC[C@@H]3[C@H]2C(N)=O)c1. The maximum atomic E-state index is 13.4. The maximum absolute atomic E-state index is 13.4. The second-order valence-electron chi connectivity index (χ2n) is 7.57. The monoisotopic (exact) mass is 348 g/mol. The number of amides is 2. The summed E-state index contributed by atoms with van der Waals surface area (Å²) in [5.41, 5.74) is 9.41. The molecule has 2 aromatic carbocycles.